The van der Waals surface area contributed by atoms with E-state index in [0.29, 0.717) is 24.4 Å². The van der Waals surface area contributed by atoms with Gasteiger partial charge in [-0.25, -0.2) is 4.79 Å². The first-order valence-corrected chi connectivity index (χ1v) is 10.2. The highest BCUT2D eigenvalue weighted by Gasteiger charge is 2.52. The molecule has 2 fully saturated rings. The van der Waals surface area contributed by atoms with Gasteiger partial charge in [0.15, 0.2) is 0 Å². The van der Waals surface area contributed by atoms with Crippen LogP contribution in [0.15, 0.2) is 29.2 Å². The monoisotopic (exact) mass is 395 g/mol. The lowest BCUT2D eigenvalue weighted by Crippen LogP contribution is -2.44. The highest BCUT2D eigenvalue weighted by atomic mass is 35.5. The van der Waals surface area contributed by atoms with E-state index in [1.807, 2.05) is 24.3 Å². The number of halogens is 1. The average molecular weight is 396 g/mol. The van der Waals surface area contributed by atoms with E-state index >= 15 is 0 Å². The summed E-state index contributed by atoms with van der Waals surface area (Å²) < 4.78 is 0. The number of carbonyl (C=O) groups is 3. The number of rotatable bonds is 7. The molecule has 8 heteroatoms. The molecule has 4 amide bonds. The Morgan fingerprint density at radius 2 is 1.92 bits per heavy atom. The van der Waals surface area contributed by atoms with Crippen LogP contribution in [0.5, 0.6) is 0 Å². The first-order chi connectivity index (χ1) is 12.5. The van der Waals surface area contributed by atoms with Gasteiger partial charge in [-0.3, -0.25) is 14.5 Å². The number of hydrogen-bond donors (Lipinski definition) is 2. The number of nitrogens with zero attached hydrogens (tertiary/aromatic N) is 1. The van der Waals surface area contributed by atoms with Crippen molar-refractivity contribution in [1.29, 1.82) is 0 Å². The van der Waals surface area contributed by atoms with Crippen LogP contribution in [-0.2, 0) is 9.59 Å². The van der Waals surface area contributed by atoms with E-state index in [1.165, 1.54) is 4.90 Å². The molecule has 26 heavy (non-hydrogen) atoms. The molecule has 6 nitrogen and oxygen atoms in total. The van der Waals surface area contributed by atoms with Crippen molar-refractivity contribution in [3.8, 4) is 0 Å². The topological polar surface area (TPSA) is 78.5 Å². The van der Waals surface area contributed by atoms with Crippen LogP contribution in [-0.4, -0.2) is 47.1 Å². The second kappa shape index (κ2) is 8.31. The first kappa shape index (κ1) is 19.0. The van der Waals surface area contributed by atoms with Gasteiger partial charge in [0.25, 0.3) is 5.91 Å². The lowest BCUT2D eigenvalue weighted by molar-refractivity contribution is -0.131. The number of carbonyl (C=O) groups excluding carboxylic acids is 3. The average Bonchev–Trinajstić information content (AvgIpc) is 3.18. The summed E-state index contributed by atoms with van der Waals surface area (Å²) in [5.41, 5.74) is -0.706. The van der Waals surface area contributed by atoms with Gasteiger partial charge in [-0.15, -0.1) is 11.8 Å². The Kier molecular flexibility index (Phi) is 6.09. The Morgan fingerprint density at radius 3 is 2.62 bits per heavy atom. The molecular weight excluding hydrogens is 374 g/mol. The maximum Gasteiger partial charge on any atom is 0.325 e. The van der Waals surface area contributed by atoms with Crippen LogP contribution in [0, 0.1) is 0 Å². The van der Waals surface area contributed by atoms with Crippen molar-refractivity contribution >= 4 is 41.2 Å². The van der Waals surface area contributed by atoms with E-state index in [0.717, 1.165) is 23.5 Å². The molecule has 0 atom stereocenters. The fourth-order valence-corrected chi connectivity index (χ4v) is 4.28. The highest BCUT2D eigenvalue weighted by molar-refractivity contribution is 7.99. The molecule has 1 saturated carbocycles. The lowest BCUT2D eigenvalue weighted by Gasteiger charge is -2.19. The van der Waals surface area contributed by atoms with E-state index in [-0.39, 0.29) is 30.8 Å². The number of imide groups is 1. The standard InChI is InChI=1S/C18H22ClN3O3S/c19-13-3-5-14(6-4-13)26-12-10-20-15(23)7-11-22-16(24)18(21-17(22)25)8-1-2-9-18/h3-6H,1-2,7-12H2,(H,20,23)(H,21,25). The predicted octanol–water partition coefficient (Wildman–Crippen LogP) is 2.80. The zero-order valence-corrected chi connectivity index (χ0v) is 16.0. The molecule has 0 radical (unpaired) electrons. The molecule has 1 aromatic rings. The molecular formula is C18H22ClN3O3S. The Labute approximate surface area is 162 Å². The maximum absolute atomic E-state index is 12.5. The number of hydrogen-bond acceptors (Lipinski definition) is 4. The Bertz CT molecular complexity index is 689. The maximum atomic E-state index is 12.5. The summed E-state index contributed by atoms with van der Waals surface area (Å²) >= 11 is 7.47. The van der Waals surface area contributed by atoms with Crippen LogP contribution in [0.2, 0.25) is 5.02 Å². The summed E-state index contributed by atoms with van der Waals surface area (Å²) in [7, 11) is 0. The molecule has 2 N–H and O–H groups in total. The molecule has 2 aliphatic rings. The zero-order chi connectivity index (χ0) is 18.6. The summed E-state index contributed by atoms with van der Waals surface area (Å²) in [4.78, 5) is 38.8. The van der Waals surface area contributed by atoms with Crippen molar-refractivity contribution in [1.82, 2.24) is 15.5 Å². The van der Waals surface area contributed by atoms with Crippen LogP contribution >= 0.6 is 23.4 Å². The van der Waals surface area contributed by atoms with Crippen molar-refractivity contribution in [2.75, 3.05) is 18.8 Å². The number of benzene rings is 1. The van der Waals surface area contributed by atoms with E-state index in [1.54, 1.807) is 11.8 Å². The normalized spacial score (nSPS) is 18.4. The first-order valence-electron chi connectivity index (χ1n) is 8.79. The molecule has 3 rings (SSSR count). The predicted molar refractivity (Wildman–Crippen MR) is 101 cm³/mol. The van der Waals surface area contributed by atoms with Gasteiger partial charge in [-0.05, 0) is 37.1 Å². The number of amides is 4. The molecule has 0 aromatic heterocycles. The summed E-state index contributed by atoms with van der Waals surface area (Å²) in [5.74, 6) is 0.403. The molecule has 1 heterocycles. The summed E-state index contributed by atoms with van der Waals surface area (Å²) in [6.45, 7) is 0.652. The molecule has 1 aromatic carbocycles. The molecule has 140 valence electrons. The summed E-state index contributed by atoms with van der Waals surface area (Å²) in [6, 6.07) is 7.16. The Morgan fingerprint density at radius 1 is 1.23 bits per heavy atom. The fourth-order valence-electron chi connectivity index (χ4n) is 3.39. The number of thioether (sulfide) groups is 1. The van der Waals surface area contributed by atoms with Crippen molar-refractivity contribution < 1.29 is 14.4 Å². The van der Waals surface area contributed by atoms with Crippen molar-refractivity contribution in [2.24, 2.45) is 0 Å². The van der Waals surface area contributed by atoms with Crippen LogP contribution in [0.25, 0.3) is 0 Å². The van der Waals surface area contributed by atoms with Crippen LogP contribution < -0.4 is 10.6 Å². The van der Waals surface area contributed by atoms with Gasteiger partial charge in [0.05, 0.1) is 0 Å². The summed E-state index contributed by atoms with van der Waals surface area (Å²) in [6.07, 6.45) is 3.42. The van der Waals surface area contributed by atoms with Gasteiger partial charge >= 0.3 is 6.03 Å². The number of nitrogens with one attached hydrogen (secondary N) is 2. The Hall–Kier alpha value is -1.73. The van der Waals surface area contributed by atoms with Crippen molar-refractivity contribution in [2.45, 2.75) is 42.5 Å². The minimum absolute atomic E-state index is 0.126. The SMILES string of the molecule is O=C(CCN1C(=O)NC2(CCCC2)C1=O)NCCSc1ccc(Cl)cc1. The minimum atomic E-state index is -0.706. The molecule has 1 aliphatic heterocycles. The zero-order valence-electron chi connectivity index (χ0n) is 14.4. The third-order valence-corrected chi connectivity index (χ3v) is 6.04. The smallest absolute Gasteiger partial charge is 0.325 e. The second-order valence-corrected chi connectivity index (χ2v) is 8.18. The van der Waals surface area contributed by atoms with E-state index in [9.17, 15) is 14.4 Å². The fraction of sp³-hybridized carbons (Fsp3) is 0.500. The number of urea groups is 1. The van der Waals surface area contributed by atoms with E-state index < -0.39 is 5.54 Å². The van der Waals surface area contributed by atoms with Crippen LogP contribution in [0.4, 0.5) is 4.79 Å². The second-order valence-electron chi connectivity index (χ2n) is 6.58. The summed E-state index contributed by atoms with van der Waals surface area (Å²) in [5, 5.41) is 6.34. The lowest BCUT2D eigenvalue weighted by atomic mass is 9.98. The van der Waals surface area contributed by atoms with Gasteiger partial charge in [-0.2, -0.15) is 0 Å². The molecule has 1 spiro atoms. The van der Waals surface area contributed by atoms with Gasteiger partial charge in [0.2, 0.25) is 5.91 Å². The third kappa shape index (κ3) is 4.32. The van der Waals surface area contributed by atoms with Crippen LogP contribution in [0.1, 0.15) is 32.1 Å². The van der Waals surface area contributed by atoms with E-state index in [4.69, 9.17) is 11.6 Å². The molecule has 0 unspecified atom stereocenters. The van der Waals surface area contributed by atoms with Gasteiger partial charge < -0.3 is 10.6 Å². The molecule has 0 bridgehead atoms. The van der Waals surface area contributed by atoms with Gasteiger partial charge in [0, 0.05) is 35.2 Å². The van der Waals surface area contributed by atoms with Gasteiger partial charge in [-0.1, -0.05) is 24.4 Å². The third-order valence-electron chi connectivity index (χ3n) is 4.77. The van der Waals surface area contributed by atoms with E-state index in [2.05, 4.69) is 10.6 Å². The largest absolute Gasteiger partial charge is 0.355 e. The van der Waals surface area contributed by atoms with Crippen molar-refractivity contribution in [3.05, 3.63) is 29.3 Å². The van der Waals surface area contributed by atoms with Gasteiger partial charge in [0.1, 0.15) is 5.54 Å². The molecule has 1 aliphatic carbocycles. The minimum Gasteiger partial charge on any atom is -0.355 e. The Balaban J connectivity index is 1.37. The quantitative estimate of drug-likeness (QED) is 0.422. The highest BCUT2D eigenvalue weighted by Crippen LogP contribution is 2.35. The molecule has 1 saturated heterocycles. The van der Waals surface area contributed by atoms with Crippen molar-refractivity contribution in [3.63, 3.8) is 0 Å². The van der Waals surface area contributed by atoms with Crippen LogP contribution in [0.3, 0.4) is 0 Å².